The minimum Gasteiger partial charge on any atom is -0.479 e. The summed E-state index contributed by atoms with van der Waals surface area (Å²) in [4.78, 5) is 18.3. The van der Waals surface area contributed by atoms with Gasteiger partial charge in [-0.25, -0.2) is 33.1 Å². The first-order valence-corrected chi connectivity index (χ1v) is 11.6. The Morgan fingerprint density at radius 2 is 1.80 bits per heavy atom. The van der Waals surface area contributed by atoms with E-state index in [4.69, 9.17) is 16.3 Å². The highest BCUT2D eigenvalue weighted by atomic mass is 35.5. The van der Waals surface area contributed by atoms with Crippen LogP contribution in [0.2, 0.25) is 5.02 Å². The van der Waals surface area contributed by atoms with Crippen LogP contribution in [-0.4, -0.2) is 24.3 Å². The second-order valence-electron chi connectivity index (χ2n) is 8.00. The van der Waals surface area contributed by atoms with E-state index in [-0.39, 0.29) is 11.5 Å². The average molecular weight is 511 g/mol. The van der Waals surface area contributed by atoms with E-state index in [0.29, 0.717) is 22.5 Å². The van der Waals surface area contributed by atoms with E-state index in [0.717, 1.165) is 16.5 Å². The second kappa shape index (κ2) is 9.12. The van der Waals surface area contributed by atoms with Gasteiger partial charge in [-0.1, -0.05) is 11.6 Å². The van der Waals surface area contributed by atoms with Crippen molar-refractivity contribution in [3.63, 3.8) is 0 Å². The topological polar surface area (TPSA) is 85.7 Å². The third-order valence-electron chi connectivity index (χ3n) is 5.18. The molecule has 7 nitrogen and oxygen atoms in total. The molecular formula is C24H17ClF2N6OS. The summed E-state index contributed by atoms with van der Waals surface area (Å²) in [7, 11) is 0. The Morgan fingerprint density at radius 3 is 2.54 bits per heavy atom. The maximum atomic E-state index is 14.7. The zero-order chi connectivity index (χ0) is 24.6. The third kappa shape index (κ3) is 4.50. The van der Waals surface area contributed by atoms with Gasteiger partial charge >= 0.3 is 0 Å². The summed E-state index contributed by atoms with van der Waals surface area (Å²) in [6, 6.07) is 9.63. The van der Waals surface area contributed by atoms with Crippen LogP contribution in [0, 0.1) is 11.6 Å². The van der Waals surface area contributed by atoms with Crippen molar-refractivity contribution in [2.24, 2.45) is 0 Å². The Bertz CT molecular complexity index is 1520. The van der Waals surface area contributed by atoms with Crippen LogP contribution in [0.5, 0.6) is 5.75 Å². The SMILES string of the molecule is CC(C)(Oc1cc(-c2ccns2)cc2ncnc(Nc3ccc(F)c(Cl)c3F)c12)c1ncccn1. The number of aromatic nitrogens is 5. The van der Waals surface area contributed by atoms with Gasteiger partial charge in [-0.15, -0.1) is 0 Å². The molecule has 176 valence electrons. The van der Waals surface area contributed by atoms with Crippen LogP contribution in [0.1, 0.15) is 19.7 Å². The molecule has 0 saturated heterocycles. The number of ether oxygens (including phenoxy) is 1. The number of hydrogen-bond acceptors (Lipinski definition) is 8. The molecule has 0 spiro atoms. The normalized spacial score (nSPS) is 11.6. The van der Waals surface area contributed by atoms with Crippen LogP contribution in [0.25, 0.3) is 21.3 Å². The van der Waals surface area contributed by atoms with Gasteiger partial charge in [0, 0.05) is 18.6 Å². The lowest BCUT2D eigenvalue weighted by Gasteiger charge is -2.26. The fourth-order valence-corrected chi connectivity index (χ4v) is 4.26. The van der Waals surface area contributed by atoms with Crippen molar-refractivity contribution in [3.05, 3.63) is 83.8 Å². The molecular weight excluding hydrogens is 494 g/mol. The van der Waals surface area contributed by atoms with Gasteiger partial charge in [0.1, 0.15) is 28.7 Å². The molecule has 5 rings (SSSR count). The Hall–Kier alpha value is -3.76. The predicted molar refractivity (Wildman–Crippen MR) is 131 cm³/mol. The molecule has 0 aliphatic rings. The van der Waals surface area contributed by atoms with Gasteiger partial charge in [-0.2, -0.15) is 0 Å². The van der Waals surface area contributed by atoms with Gasteiger partial charge in [-0.05, 0) is 67.3 Å². The summed E-state index contributed by atoms with van der Waals surface area (Å²) in [5, 5.41) is 2.78. The van der Waals surface area contributed by atoms with Crippen molar-refractivity contribution >= 4 is 45.5 Å². The van der Waals surface area contributed by atoms with Crippen molar-refractivity contribution in [3.8, 4) is 16.2 Å². The fraction of sp³-hybridized carbons (Fsp3) is 0.125. The lowest BCUT2D eigenvalue weighted by Crippen LogP contribution is -2.28. The summed E-state index contributed by atoms with van der Waals surface area (Å²) in [5.74, 6) is -0.642. The first-order chi connectivity index (χ1) is 16.8. The molecule has 5 aromatic rings. The van der Waals surface area contributed by atoms with Crippen molar-refractivity contribution in [1.82, 2.24) is 24.3 Å². The summed E-state index contributed by atoms with van der Waals surface area (Å²) in [6.07, 6.45) is 6.33. The quantitative estimate of drug-likeness (QED) is 0.260. The third-order valence-corrected chi connectivity index (χ3v) is 6.32. The van der Waals surface area contributed by atoms with E-state index >= 15 is 0 Å². The van der Waals surface area contributed by atoms with Gasteiger partial charge in [0.25, 0.3) is 0 Å². The lowest BCUT2D eigenvalue weighted by atomic mass is 10.1. The number of nitrogens with one attached hydrogen (secondary N) is 1. The number of hydrogen-bond donors (Lipinski definition) is 1. The number of halogens is 3. The number of nitrogens with zero attached hydrogens (tertiary/aromatic N) is 5. The number of benzene rings is 2. The van der Waals surface area contributed by atoms with Crippen LogP contribution < -0.4 is 10.1 Å². The van der Waals surface area contributed by atoms with Crippen LogP contribution in [0.3, 0.4) is 0 Å². The van der Waals surface area contributed by atoms with E-state index in [1.54, 1.807) is 24.7 Å². The Morgan fingerprint density at radius 1 is 1.00 bits per heavy atom. The Labute approximate surface area is 208 Å². The average Bonchev–Trinajstić information content (AvgIpc) is 3.40. The summed E-state index contributed by atoms with van der Waals surface area (Å²) >= 11 is 7.10. The van der Waals surface area contributed by atoms with Crippen molar-refractivity contribution in [1.29, 1.82) is 0 Å². The maximum absolute atomic E-state index is 14.7. The minimum absolute atomic E-state index is 0.0421. The molecule has 0 unspecified atom stereocenters. The molecule has 11 heteroatoms. The highest BCUT2D eigenvalue weighted by Gasteiger charge is 2.28. The molecule has 0 fully saturated rings. The highest BCUT2D eigenvalue weighted by Crippen LogP contribution is 2.40. The highest BCUT2D eigenvalue weighted by molar-refractivity contribution is 7.09. The van der Waals surface area contributed by atoms with Gasteiger partial charge in [0.05, 0.1) is 21.5 Å². The Balaban J connectivity index is 1.68. The number of fused-ring (bicyclic) bond motifs is 1. The van der Waals surface area contributed by atoms with Crippen molar-refractivity contribution in [2.45, 2.75) is 19.4 Å². The first-order valence-electron chi connectivity index (χ1n) is 10.4. The van der Waals surface area contributed by atoms with Crippen LogP contribution in [0.4, 0.5) is 20.3 Å². The van der Waals surface area contributed by atoms with Crippen molar-refractivity contribution < 1.29 is 13.5 Å². The standard InChI is InChI=1S/C24H17ClF2N6OS/c1-24(2,23-28-7-3-8-29-23)34-17-11-13(18-6-9-32-35-18)10-16-19(17)22(31-12-30-16)33-15-5-4-14(26)20(25)21(15)27/h3-12H,1-2H3,(H,30,31,33). The van der Waals surface area contributed by atoms with Crippen LogP contribution in [-0.2, 0) is 5.60 Å². The molecule has 0 saturated carbocycles. The summed E-state index contributed by atoms with van der Waals surface area (Å²) in [6.45, 7) is 3.67. The van der Waals surface area contributed by atoms with Crippen LogP contribution in [0.15, 0.2) is 61.3 Å². The Kier molecular flexibility index (Phi) is 6.00. The van der Waals surface area contributed by atoms with Gasteiger partial charge < -0.3 is 10.1 Å². The van der Waals surface area contributed by atoms with E-state index in [1.807, 2.05) is 32.0 Å². The molecule has 0 aliphatic heterocycles. The molecule has 0 aliphatic carbocycles. The smallest absolute Gasteiger partial charge is 0.171 e. The van der Waals surface area contributed by atoms with Crippen LogP contribution >= 0.6 is 23.1 Å². The molecule has 0 amide bonds. The number of rotatable bonds is 6. The summed E-state index contributed by atoms with van der Waals surface area (Å²) in [5.41, 5.74) is 0.402. The van der Waals surface area contributed by atoms with E-state index in [1.165, 1.54) is 23.9 Å². The zero-order valence-electron chi connectivity index (χ0n) is 18.5. The molecule has 0 radical (unpaired) electrons. The predicted octanol–water partition coefficient (Wildman–Crippen LogP) is 6.53. The van der Waals surface area contributed by atoms with E-state index < -0.39 is 22.3 Å². The molecule has 0 atom stereocenters. The molecule has 2 aromatic carbocycles. The molecule has 0 bridgehead atoms. The first kappa shape index (κ1) is 23.0. The van der Waals surface area contributed by atoms with Gasteiger partial charge in [0.2, 0.25) is 0 Å². The number of anilines is 2. The van der Waals surface area contributed by atoms with E-state index in [2.05, 4.69) is 29.6 Å². The molecule has 1 N–H and O–H groups in total. The molecule has 3 aromatic heterocycles. The monoisotopic (exact) mass is 510 g/mol. The second-order valence-corrected chi connectivity index (χ2v) is 9.21. The molecule has 3 heterocycles. The lowest BCUT2D eigenvalue weighted by molar-refractivity contribution is 0.101. The fourth-order valence-electron chi connectivity index (χ4n) is 3.52. The van der Waals surface area contributed by atoms with E-state index in [9.17, 15) is 8.78 Å². The summed E-state index contributed by atoms with van der Waals surface area (Å²) < 4.78 is 39.0. The maximum Gasteiger partial charge on any atom is 0.171 e. The zero-order valence-corrected chi connectivity index (χ0v) is 20.0. The van der Waals surface area contributed by atoms with Gasteiger partial charge in [-0.3, -0.25) is 0 Å². The van der Waals surface area contributed by atoms with Crippen molar-refractivity contribution in [2.75, 3.05) is 5.32 Å². The molecule has 35 heavy (non-hydrogen) atoms. The van der Waals surface area contributed by atoms with Gasteiger partial charge in [0.15, 0.2) is 17.2 Å². The minimum atomic E-state index is -0.932. The largest absolute Gasteiger partial charge is 0.479 e.